The number of rotatable bonds is 3. The van der Waals surface area contributed by atoms with E-state index in [0.29, 0.717) is 0 Å². The Labute approximate surface area is 109 Å². The van der Waals surface area contributed by atoms with E-state index >= 15 is 0 Å². The zero-order valence-corrected chi connectivity index (χ0v) is 11.1. The van der Waals surface area contributed by atoms with Crippen molar-refractivity contribution in [1.29, 1.82) is 0 Å². The highest BCUT2D eigenvalue weighted by Gasteiger charge is 2.01. The van der Waals surface area contributed by atoms with Gasteiger partial charge in [0.2, 0.25) is 0 Å². The lowest BCUT2D eigenvalue weighted by molar-refractivity contribution is 0.417. The Kier molecular flexibility index (Phi) is 3.66. The molecule has 0 aliphatic heterocycles. The number of anilines is 2. The molecule has 0 amide bonds. The Hall–Kier alpha value is -1.23. The van der Waals surface area contributed by atoms with Crippen LogP contribution in [0.5, 0.6) is 5.75 Å². The van der Waals surface area contributed by atoms with Crippen LogP contribution in [0.1, 0.15) is 0 Å². The Morgan fingerprint density at radius 1 is 1.06 bits per heavy atom. The van der Waals surface area contributed by atoms with Crippen molar-refractivity contribution in [2.45, 2.75) is 0 Å². The summed E-state index contributed by atoms with van der Waals surface area (Å²) in [5.41, 5.74) is 2.04. The molecule has 0 saturated heterocycles. The number of methoxy groups -OCH3 is 1. The first-order valence-corrected chi connectivity index (χ1v) is 6.03. The van der Waals surface area contributed by atoms with Crippen LogP contribution in [0, 0.1) is 3.57 Å². The number of hydrogen-bond donors (Lipinski definition) is 1. The predicted octanol–water partition coefficient (Wildman–Crippen LogP) is 4.04. The molecule has 0 aliphatic rings. The van der Waals surface area contributed by atoms with Gasteiger partial charge < -0.3 is 10.1 Å². The molecule has 0 spiro atoms. The summed E-state index contributed by atoms with van der Waals surface area (Å²) in [4.78, 5) is 0. The number of nitrogens with one attached hydrogen (secondary N) is 1. The topological polar surface area (TPSA) is 21.3 Å². The van der Waals surface area contributed by atoms with Crippen molar-refractivity contribution < 1.29 is 4.74 Å². The van der Waals surface area contributed by atoms with Gasteiger partial charge in [-0.2, -0.15) is 0 Å². The molecular formula is C13H12INO. The van der Waals surface area contributed by atoms with Crippen molar-refractivity contribution in [3.8, 4) is 5.75 Å². The molecule has 2 aromatic carbocycles. The van der Waals surface area contributed by atoms with E-state index in [1.165, 1.54) is 3.57 Å². The molecule has 0 unspecified atom stereocenters. The van der Waals surface area contributed by atoms with Crippen LogP contribution in [0.2, 0.25) is 0 Å². The zero-order valence-electron chi connectivity index (χ0n) is 8.91. The Bertz CT molecular complexity index is 485. The Morgan fingerprint density at radius 3 is 2.62 bits per heavy atom. The molecule has 0 bridgehead atoms. The van der Waals surface area contributed by atoms with Crippen molar-refractivity contribution in [3.63, 3.8) is 0 Å². The summed E-state index contributed by atoms with van der Waals surface area (Å²) in [6, 6.07) is 16.1. The number of halogens is 1. The van der Waals surface area contributed by atoms with E-state index in [-0.39, 0.29) is 0 Å². The number of hydrogen-bond acceptors (Lipinski definition) is 2. The first-order valence-electron chi connectivity index (χ1n) is 4.95. The molecule has 0 aliphatic carbocycles. The maximum atomic E-state index is 5.28. The van der Waals surface area contributed by atoms with Crippen molar-refractivity contribution >= 4 is 34.0 Å². The molecule has 0 saturated carbocycles. The van der Waals surface area contributed by atoms with Gasteiger partial charge in [-0.25, -0.2) is 0 Å². The van der Waals surface area contributed by atoms with Crippen LogP contribution in [0.15, 0.2) is 48.5 Å². The van der Waals surface area contributed by atoms with Gasteiger partial charge in [-0.1, -0.05) is 18.2 Å². The van der Waals surface area contributed by atoms with Gasteiger partial charge in [-0.05, 0) is 52.9 Å². The van der Waals surface area contributed by atoms with Crippen LogP contribution >= 0.6 is 22.6 Å². The second-order valence-corrected chi connectivity index (χ2v) is 4.58. The third-order valence-corrected chi connectivity index (χ3v) is 2.88. The van der Waals surface area contributed by atoms with Crippen molar-refractivity contribution in [3.05, 3.63) is 52.1 Å². The fraction of sp³-hybridized carbons (Fsp3) is 0.0769. The van der Waals surface area contributed by atoms with Gasteiger partial charge in [0.15, 0.2) is 0 Å². The van der Waals surface area contributed by atoms with E-state index in [9.17, 15) is 0 Å². The van der Waals surface area contributed by atoms with Crippen LogP contribution < -0.4 is 10.1 Å². The van der Waals surface area contributed by atoms with E-state index in [4.69, 9.17) is 4.74 Å². The third kappa shape index (κ3) is 2.66. The van der Waals surface area contributed by atoms with Crippen molar-refractivity contribution in [2.24, 2.45) is 0 Å². The van der Waals surface area contributed by atoms with Gasteiger partial charge >= 0.3 is 0 Å². The van der Waals surface area contributed by atoms with Crippen LogP contribution in [-0.4, -0.2) is 7.11 Å². The minimum atomic E-state index is 0.848. The van der Waals surface area contributed by atoms with Gasteiger partial charge in [0, 0.05) is 9.26 Å². The Morgan fingerprint density at radius 2 is 1.88 bits per heavy atom. The maximum Gasteiger partial charge on any atom is 0.142 e. The van der Waals surface area contributed by atoms with E-state index in [1.807, 2.05) is 36.4 Å². The minimum absolute atomic E-state index is 0.848. The molecule has 0 radical (unpaired) electrons. The summed E-state index contributed by atoms with van der Waals surface area (Å²) < 4.78 is 6.49. The average molecular weight is 325 g/mol. The molecule has 16 heavy (non-hydrogen) atoms. The molecule has 1 N–H and O–H groups in total. The number of benzene rings is 2. The van der Waals surface area contributed by atoms with Crippen LogP contribution in [0.4, 0.5) is 11.4 Å². The zero-order chi connectivity index (χ0) is 11.4. The second-order valence-electron chi connectivity index (χ2n) is 3.34. The molecule has 2 rings (SSSR count). The van der Waals surface area contributed by atoms with E-state index in [2.05, 4.69) is 40.0 Å². The lowest BCUT2D eigenvalue weighted by atomic mass is 10.2. The molecule has 0 aromatic heterocycles. The standard InChI is InChI=1S/C13H12INO/c1-16-13-8-3-2-7-12(13)15-11-6-4-5-10(14)9-11/h2-9,15H,1H3. The fourth-order valence-corrected chi connectivity index (χ4v) is 2.01. The predicted molar refractivity (Wildman–Crippen MR) is 75.4 cm³/mol. The lowest BCUT2D eigenvalue weighted by Crippen LogP contribution is -1.94. The van der Waals surface area contributed by atoms with Gasteiger partial charge in [0.25, 0.3) is 0 Å². The molecule has 0 fully saturated rings. The summed E-state index contributed by atoms with van der Waals surface area (Å²) in [5, 5.41) is 3.33. The fourth-order valence-electron chi connectivity index (χ4n) is 1.47. The van der Waals surface area contributed by atoms with Gasteiger partial charge in [0.05, 0.1) is 12.8 Å². The normalized spacial score (nSPS) is 9.88. The van der Waals surface area contributed by atoms with Gasteiger partial charge in [0.1, 0.15) is 5.75 Å². The monoisotopic (exact) mass is 325 g/mol. The highest BCUT2D eigenvalue weighted by atomic mass is 127. The summed E-state index contributed by atoms with van der Waals surface area (Å²) in [6.45, 7) is 0. The van der Waals surface area contributed by atoms with Crippen LogP contribution in [0.3, 0.4) is 0 Å². The van der Waals surface area contributed by atoms with Crippen molar-refractivity contribution in [1.82, 2.24) is 0 Å². The molecular weight excluding hydrogens is 313 g/mol. The van der Waals surface area contributed by atoms with E-state index in [1.54, 1.807) is 7.11 Å². The molecule has 82 valence electrons. The summed E-state index contributed by atoms with van der Waals surface area (Å²) in [7, 11) is 1.68. The summed E-state index contributed by atoms with van der Waals surface area (Å²) in [5.74, 6) is 0.848. The Balaban J connectivity index is 2.26. The summed E-state index contributed by atoms with van der Waals surface area (Å²) >= 11 is 2.29. The molecule has 0 heterocycles. The lowest BCUT2D eigenvalue weighted by Gasteiger charge is -2.10. The van der Waals surface area contributed by atoms with Crippen LogP contribution in [-0.2, 0) is 0 Å². The first kappa shape index (κ1) is 11.3. The van der Waals surface area contributed by atoms with E-state index in [0.717, 1.165) is 17.1 Å². The largest absolute Gasteiger partial charge is 0.495 e. The van der Waals surface area contributed by atoms with E-state index < -0.39 is 0 Å². The number of para-hydroxylation sites is 2. The summed E-state index contributed by atoms with van der Waals surface area (Å²) in [6.07, 6.45) is 0. The van der Waals surface area contributed by atoms with Gasteiger partial charge in [-0.3, -0.25) is 0 Å². The minimum Gasteiger partial charge on any atom is -0.495 e. The second kappa shape index (κ2) is 5.21. The van der Waals surface area contributed by atoms with Crippen LogP contribution in [0.25, 0.3) is 0 Å². The highest BCUT2D eigenvalue weighted by Crippen LogP contribution is 2.27. The number of ether oxygens (including phenoxy) is 1. The first-order chi connectivity index (χ1) is 7.79. The third-order valence-electron chi connectivity index (χ3n) is 2.21. The van der Waals surface area contributed by atoms with Gasteiger partial charge in [-0.15, -0.1) is 0 Å². The molecule has 0 atom stereocenters. The quantitative estimate of drug-likeness (QED) is 0.860. The molecule has 2 nitrogen and oxygen atoms in total. The SMILES string of the molecule is COc1ccccc1Nc1cccc(I)c1. The van der Waals surface area contributed by atoms with Crippen molar-refractivity contribution in [2.75, 3.05) is 12.4 Å². The average Bonchev–Trinajstić information content (AvgIpc) is 2.30. The molecule has 2 aromatic rings. The highest BCUT2D eigenvalue weighted by molar-refractivity contribution is 14.1. The smallest absolute Gasteiger partial charge is 0.142 e. The molecule has 3 heteroatoms. The maximum absolute atomic E-state index is 5.28.